The van der Waals surface area contributed by atoms with Crippen LogP contribution in [0.4, 0.5) is 0 Å². The Morgan fingerprint density at radius 2 is 1.38 bits per heavy atom. The number of benzene rings is 1. The molecular weight excluding hydrogens is 690 g/mol. The molecule has 0 bridgehead atoms. The van der Waals surface area contributed by atoms with Gasteiger partial charge >= 0.3 is 0 Å². The van der Waals surface area contributed by atoms with Crippen molar-refractivity contribution in [3.05, 3.63) is 34.9 Å². The van der Waals surface area contributed by atoms with Gasteiger partial charge in [0.25, 0.3) is 0 Å². The molecule has 0 spiro atoms. The minimum Gasteiger partial charge on any atom is -0.394 e. The summed E-state index contributed by atoms with van der Waals surface area (Å²) in [7, 11) is 0. The lowest BCUT2D eigenvalue weighted by Crippen LogP contribution is -2.69. The van der Waals surface area contributed by atoms with Crippen LogP contribution in [0.5, 0.6) is 0 Å². The van der Waals surface area contributed by atoms with Crippen LogP contribution in [0.15, 0.2) is 24.3 Å². The smallest absolute Gasteiger partial charge is 0.187 e. The monoisotopic (exact) mass is 737 g/mol. The predicted octanol–water partition coefficient (Wildman–Crippen LogP) is -5.45. The van der Waals surface area contributed by atoms with Gasteiger partial charge in [-0.15, -0.1) is 0 Å². The van der Waals surface area contributed by atoms with Crippen LogP contribution in [0, 0.1) is 0 Å². The molecule has 16 N–H and O–H groups in total. The zero-order chi connectivity index (χ0) is 36.0. The maximum Gasteiger partial charge on any atom is 0.187 e. The van der Waals surface area contributed by atoms with E-state index in [1.165, 1.54) is 0 Å². The van der Waals surface area contributed by atoms with Crippen molar-refractivity contribution in [2.75, 3.05) is 19.8 Å². The molecule has 1 aromatic carbocycles. The number of rotatable bonds is 9. The van der Waals surface area contributed by atoms with E-state index in [2.05, 4.69) is 0 Å². The molecule has 50 heavy (non-hydrogen) atoms. The van der Waals surface area contributed by atoms with E-state index in [-0.39, 0.29) is 19.6 Å². The molecule has 1 saturated carbocycles. The summed E-state index contributed by atoms with van der Waals surface area (Å²) in [4.78, 5) is 0. The van der Waals surface area contributed by atoms with Crippen molar-refractivity contribution in [2.24, 2.45) is 28.7 Å². The third-order valence-electron chi connectivity index (χ3n) is 9.92. The van der Waals surface area contributed by atoms with E-state index < -0.39 is 129 Å². The normalized spacial score (nSPS) is 49.8. The zero-order valence-corrected chi connectivity index (χ0v) is 27.7. The Hall–Kier alpha value is -1.25. The second-order valence-corrected chi connectivity index (χ2v) is 13.8. The maximum absolute atomic E-state index is 11.3. The van der Waals surface area contributed by atoms with E-state index in [1.807, 2.05) is 0 Å². The molecule has 4 aliphatic heterocycles. The van der Waals surface area contributed by atoms with E-state index in [9.17, 15) is 30.6 Å². The van der Waals surface area contributed by atoms with Crippen molar-refractivity contribution >= 4 is 11.6 Å². The van der Waals surface area contributed by atoms with Gasteiger partial charge in [-0.1, -0.05) is 23.7 Å². The summed E-state index contributed by atoms with van der Waals surface area (Å²) in [5, 5.41) is 64.8. The maximum atomic E-state index is 11.3. The highest BCUT2D eigenvalue weighted by Crippen LogP contribution is 2.37. The van der Waals surface area contributed by atoms with Gasteiger partial charge in [-0.25, -0.2) is 0 Å². The van der Waals surface area contributed by atoms with E-state index in [1.54, 1.807) is 24.3 Å². The van der Waals surface area contributed by atoms with Gasteiger partial charge in [0, 0.05) is 29.2 Å². The highest BCUT2D eigenvalue weighted by molar-refractivity contribution is 6.30. The van der Waals surface area contributed by atoms with Crippen molar-refractivity contribution in [3.8, 4) is 0 Å². The molecule has 284 valence electrons. The van der Waals surface area contributed by atoms with Crippen LogP contribution in [0.1, 0.15) is 18.3 Å². The molecule has 1 aliphatic carbocycles. The van der Waals surface area contributed by atoms with Crippen LogP contribution in [-0.4, -0.2) is 167 Å². The molecule has 20 heteroatoms. The highest BCUT2D eigenvalue weighted by atomic mass is 35.5. The average molecular weight is 738 g/mol. The van der Waals surface area contributed by atoms with E-state index in [0.717, 1.165) is 0 Å². The van der Waals surface area contributed by atoms with Gasteiger partial charge in [0.2, 0.25) is 0 Å². The molecule has 4 saturated heterocycles. The number of aliphatic hydroxyl groups is 6. The number of aliphatic hydroxyl groups excluding tert-OH is 6. The molecule has 19 nitrogen and oxygen atoms in total. The van der Waals surface area contributed by atoms with Crippen molar-refractivity contribution in [1.29, 1.82) is 0 Å². The summed E-state index contributed by atoms with van der Waals surface area (Å²) in [5.41, 5.74) is 31.4. The van der Waals surface area contributed by atoms with E-state index >= 15 is 0 Å². The second kappa shape index (κ2) is 16.0. The Bertz CT molecular complexity index is 1280. The number of hydrogen-bond donors (Lipinski definition) is 11. The Kier molecular flexibility index (Phi) is 12.3. The third-order valence-corrected chi connectivity index (χ3v) is 10.2. The fourth-order valence-electron chi connectivity index (χ4n) is 7.03. The number of nitrogens with two attached hydrogens (primary N) is 5. The first-order valence-corrected chi connectivity index (χ1v) is 16.9. The average Bonchev–Trinajstić information content (AvgIpc) is 3.40. The Morgan fingerprint density at radius 1 is 0.720 bits per heavy atom. The fraction of sp³-hybridized carbons (Fsp3) is 0.800. The molecule has 5 fully saturated rings. The lowest BCUT2D eigenvalue weighted by molar-refractivity contribution is -0.356. The van der Waals surface area contributed by atoms with E-state index in [4.69, 9.17) is 78.2 Å². The fourth-order valence-corrected chi connectivity index (χ4v) is 7.23. The summed E-state index contributed by atoms with van der Waals surface area (Å²) in [5.74, 6) is 0. The topological polar surface area (TPSA) is 325 Å². The number of ether oxygens (including phenoxy) is 8. The second-order valence-electron chi connectivity index (χ2n) is 13.3. The summed E-state index contributed by atoms with van der Waals surface area (Å²) in [6, 6.07) is 2.80. The molecular formula is C30H48ClN5O14. The lowest BCUT2D eigenvalue weighted by atomic mass is 9.84. The van der Waals surface area contributed by atoms with Crippen LogP contribution in [0.25, 0.3) is 0 Å². The van der Waals surface area contributed by atoms with Crippen molar-refractivity contribution in [3.63, 3.8) is 0 Å². The van der Waals surface area contributed by atoms with Crippen LogP contribution < -0.4 is 28.7 Å². The van der Waals surface area contributed by atoms with Gasteiger partial charge in [0.1, 0.15) is 67.1 Å². The summed E-state index contributed by atoms with van der Waals surface area (Å²) in [6.45, 7) is -0.797. The zero-order valence-electron chi connectivity index (χ0n) is 26.9. The Morgan fingerprint density at radius 3 is 2.08 bits per heavy atom. The molecule has 20 atom stereocenters. The summed E-state index contributed by atoms with van der Waals surface area (Å²) < 4.78 is 47.5. The van der Waals surface area contributed by atoms with Gasteiger partial charge in [-0.3, -0.25) is 0 Å². The summed E-state index contributed by atoms with van der Waals surface area (Å²) in [6.07, 6.45) is -19.7. The molecule has 1 aromatic rings. The van der Waals surface area contributed by atoms with Gasteiger partial charge in [-0.2, -0.15) is 0 Å². The molecule has 5 aliphatic rings. The van der Waals surface area contributed by atoms with Crippen LogP contribution in [0.2, 0.25) is 5.02 Å². The molecule has 0 unspecified atom stereocenters. The van der Waals surface area contributed by atoms with Crippen molar-refractivity contribution in [2.45, 2.75) is 129 Å². The number of fused-ring (bicyclic) bond motifs is 1. The predicted molar refractivity (Wildman–Crippen MR) is 168 cm³/mol. The quantitative estimate of drug-likeness (QED) is 0.113. The van der Waals surface area contributed by atoms with Gasteiger partial charge in [0.05, 0.1) is 31.4 Å². The van der Waals surface area contributed by atoms with Crippen molar-refractivity contribution < 1.29 is 68.5 Å². The number of hydrogen-bond acceptors (Lipinski definition) is 19. The Balaban J connectivity index is 1.14. The lowest BCUT2D eigenvalue weighted by Gasteiger charge is -2.49. The number of halogens is 1. The largest absolute Gasteiger partial charge is 0.394 e. The van der Waals surface area contributed by atoms with Gasteiger partial charge < -0.3 is 97.2 Å². The van der Waals surface area contributed by atoms with E-state index in [0.29, 0.717) is 10.6 Å². The molecule has 4 heterocycles. The minimum atomic E-state index is -1.61. The standard InChI is InChI=1S/C30H48ClN5O14/c31-10-3-1-2-9(4-10)27-43-8-15-25(48-27)21(41)17(36)29(46-15)47-23-12(34)5-11(33)18(38)26(23)50-30-22(42)24(14(7-37)45-30)49-28-16(35)20(40)19(39)13(6-32)44-28/h1-4,11-30,37-42H,5-8,32-36H2/t11-,12+,13+,14+,15+,16-,17+,18+,19-,20-,21+,22+,23-,24+,25+,26-,27+,28-,29+,30-/m0/s1. The first-order valence-electron chi connectivity index (χ1n) is 16.5. The first kappa shape index (κ1) is 38.5. The molecule has 0 radical (unpaired) electrons. The van der Waals surface area contributed by atoms with Gasteiger partial charge in [-0.05, 0) is 18.6 Å². The third kappa shape index (κ3) is 7.56. The van der Waals surface area contributed by atoms with Crippen LogP contribution >= 0.6 is 11.6 Å². The highest BCUT2D eigenvalue weighted by Gasteiger charge is 2.55. The minimum absolute atomic E-state index is 0.0120. The van der Waals surface area contributed by atoms with Crippen LogP contribution in [-0.2, 0) is 37.9 Å². The summed E-state index contributed by atoms with van der Waals surface area (Å²) >= 11 is 6.12. The SMILES string of the molecule is NC[C@H]1O[C@@H](O[C@H]2[C@@H](O)[C@H](O[C@H]3[C@H](O)[C@@H](N)C[C@@H](N)[C@@H]3O[C@H]3O[C@@H]4CO[C@@H](c5cccc(Cl)c5)O[C@H]4[C@H](O)[C@H]3N)O[C@@H]2CO)[C@@H](N)[C@H](O)[C@H]1O. The molecule has 0 aromatic heterocycles. The molecule has 6 rings (SSSR count). The van der Waals surface area contributed by atoms with Crippen LogP contribution in [0.3, 0.4) is 0 Å². The van der Waals surface area contributed by atoms with Crippen molar-refractivity contribution in [1.82, 2.24) is 0 Å². The first-order chi connectivity index (χ1) is 23.8. The van der Waals surface area contributed by atoms with Gasteiger partial charge in [0.15, 0.2) is 25.2 Å². The Labute approximate surface area is 292 Å². The molecule has 0 amide bonds.